The molecule has 0 radical (unpaired) electrons. The fourth-order valence-corrected chi connectivity index (χ4v) is 2.36. The molecule has 1 aromatic carbocycles. The second-order valence-electron chi connectivity index (χ2n) is 5.58. The fourth-order valence-electron chi connectivity index (χ4n) is 2.36. The number of amides is 2. The number of ether oxygens (including phenoxy) is 2. The van der Waals surface area contributed by atoms with Gasteiger partial charge < -0.3 is 20.1 Å². The molecule has 0 bridgehead atoms. The van der Waals surface area contributed by atoms with Crippen LogP contribution >= 0.6 is 0 Å². The van der Waals surface area contributed by atoms with E-state index in [1.165, 1.54) is 12.8 Å². The Morgan fingerprint density at radius 3 is 2.38 bits per heavy atom. The molecular formula is C16H24N2O3. The van der Waals surface area contributed by atoms with Gasteiger partial charge in [0.1, 0.15) is 0 Å². The summed E-state index contributed by atoms with van der Waals surface area (Å²) < 4.78 is 10.5. The van der Waals surface area contributed by atoms with E-state index in [1.54, 1.807) is 14.2 Å². The van der Waals surface area contributed by atoms with Gasteiger partial charge in [0.25, 0.3) is 0 Å². The maximum atomic E-state index is 12.0. The molecule has 2 atom stereocenters. The molecule has 0 saturated heterocycles. The topological polar surface area (TPSA) is 59.6 Å². The van der Waals surface area contributed by atoms with Gasteiger partial charge in [-0.2, -0.15) is 0 Å². The van der Waals surface area contributed by atoms with Crippen LogP contribution in [0.15, 0.2) is 18.2 Å². The van der Waals surface area contributed by atoms with E-state index in [9.17, 15) is 4.79 Å². The van der Waals surface area contributed by atoms with E-state index >= 15 is 0 Å². The van der Waals surface area contributed by atoms with Gasteiger partial charge in [-0.25, -0.2) is 4.79 Å². The molecule has 2 N–H and O–H groups in total. The Kier molecular flexibility index (Phi) is 4.94. The first-order chi connectivity index (χ1) is 10.0. The molecule has 0 spiro atoms. The van der Waals surface area contributed by atoms with Crippen LogP contribution in [0.3, 0.4) is 0 Å². The van der Waals surface area contributed by atoms with Crippen molar-refractivity contribution in [2.24, 2.45) is 5.92 Å². The molecule has 1 aromatic rings. The third kappa shape index (κ3) is 4.03. The Labute approximate surface area is 126 Å². The quantitative estimate of drug-likeness (QED) is 0.847. The Morgan fingerprint density at radius 1 is 1.14 bits per heavy atom. The number of nitrogens with one attached hydrogen (secondary N) is 2. The van der Waals surface area contributed by atoms with E-state index in [4.69, 9.17) is 9.47 Å². The molecule has 1 fully saturated rings. The fraction of sp³-hybridized carbons (Fsp3) is 0.562. The highest BCUT2D eigenvalue weighted by atomic mass is 16.5. The summed E-state index contributed by atoms with van der Waals surface area (Å²) in [5, 5.41) is 5.94. The minimum atomic E-state index is -0.128. The van der Waals surface area contributed by atoms with Crippen LogP contribution in [0.1, 0.15) is 38.3 Å². The predicted octanol–water partition coefficient (Wildman–Crippen LogP) is 2.86. The number of carbonyl (C=O) groups excluding carboxylic acids is 1. The lowest BCUT2D eigenvalue weighted by atomic mass is 10.1. The minimum absolute atomic E-state index is 0.101. The number of carbonyl (C=O) groups is 1. The van der Waals surface area contributed by atoms with Crippen molar-refractivity contribution in [1.82, 2.24) is 10.6 Å². The van der Waals surface area contributed by atoms with Crippen molar-refractivity contribution in [3.8, 4) is 11.5 Å². The smallest absolute Gasteiger partial charge is 0.315 e. The van der Waals surface area contributed by atoms with Crippen molar-refractivity contribution in [2.75, 3.05) is 14.2 Å². The molecule has 5 nitrogen and oxygen atoms in total. The van der Waals surface area contributed by atoms with Gasteiger partial charge >= 0.3 is 6.03 Å². The van der Waals surface area contributed by atoms with Gasteiger partial charge in [-0.05, 0) is 50.3 Å². The molecule has 2 amide bonds. The van der Waals surface area contributed by atoms with E-state index in [1.807, 2.05) is 25.1 Å². The highest BCUT2D eigenvalue weighted by Crippen LogP contribution is 2.32. The van der Waals surface area contributed by atoms with Crippen LogP contribution in [-0.4, -0.2) is 26.3 Å². The summed E-state index contributed by atoms with van der Waals surface area (Å²) in [6.07, 6.45) is 2.43. The van der Waals surface area contributed by atoms with Crippen LogP contribution in [0.2, 0.25) is 0 Å². The Hall–Kier alpha value is -1.91. The number of rotatable bonds is 6. The number of methoxy groups -OCH3 is 2. The van der Waals surface area contributed by atoms with Gasteiger partial charge in [-0.3, -0.25) is 0 Å². The molecular weight excluding hydrogens is 268 g/mol. The highest BCUT2D eigenvalue weighted by Gasteiger charge is 2.29. The standard InChI is InChI=1S/C16H24N2O3/c1-10(12-5-6-12)17-16(19)18-11(2)13-7-8-14(20-3)15(9-13)21-4/h7-12H,5-6H2,1-4H3,(H2,17,18,19). The second-order valence-corrected chi connectivity index (χ2v) is 5.58. The lowest BCUT2D eigenvalue weighted by molar-refractivity contribution is 0.233. The van der Waals surface area contributed by atoms with E-state index in [2.05, 4.69) is 17.6 Å². The van der Waals surface area contributed by atoms with Crippen LogP contribution in [0, 0.1) is 5.92 Å². The summed E-state index contributed by atoms with van der Waals surface area (Å²) in [6, 6.07) is 5.66. The molecule has 0 aliphatic heterocycles. The molecule has 5 heteroatoms. The number of hydrogen-bond donors (Lipinski definition) is 2. The summed E-state index contributed by atoms with van der Waals surface area (Å²) in [5.74, 6) is 1.99. The Morgan fingerprint density at radius 2 is 1.81 bits per heavy atom. The van der Waals surface area contributed by atoms with Gasteiger partial charge in [0.2, 0.25) is 0 Å². The third-order valence-corrected chi connectivity index (χ3v) is 3.94. The monoisotopic (exact) mass is 292 g/mol. The molecule has 2 unspecified atom stereocenters. The summed E-state index contributed by atoms with van der Waals surface area (Å²) in [5.41, 5.74) is 0.974. The molecule has 116 valence electrons. The Balaban J connectivity index is 1.95. The van der Waals surface area contributed by atoms with Crippen molar-refractivity contribution >= 4 is 6.03 Å². The SMILES string of the molecule is COc1ccc(C(C)NC(=O)NC(C)C2CC2)cc1OC. The van der Waals surface area contributed by atoms with Gasteiger partial charge in [0, 0.05) is 6.04 Å². The minimum Gasteiger partial charge on any atom is -0.493 e. The van der Waals surface area contributed by atoms with E-state index < -0.39 is 0 Å². The number of urea groups is 1. The summed E-state index contributed by atoms with van der Waals surface area (Å²) in [6.45, 7) is 4.00. The highest BCUT2D eigenvalue weighted by molar-refractivity contribution is 5.74. The second kappa shape index (κ2) is 6.70. The van der Waals surface area contributed by atoms with Crippen LogP contribution in [-0.2, 0) is 0 Å². The summed E-state index contributed by atoms with van der Waals surface area (Å²) >= 11 is 0. The van der Waals surface area contributed by atoms with E-state index in [-0.39, 0.29) is 18.1 Å². The largest absolute Gasteiger partial charge is 0.493 e. The van der Waals surface area contributed by atoms with Crippen LogP contribution in [0.4, 0.5) is 4.79 Å². The van der Waals surface area contributed by atoms with Gasteiger partial charge in [-0.1, -0.05) is 6.07 Å². The molecule has 0 aromatic heterocycles. The van der Waals surface area contributed by atoms with E-state index in [0.29, 0.717) is 17.4 Å². The van der Waals surface area contributed by atoms with Crippen LogP contribution < -0.4 is 20.1 Å². The molecule has 1 aliphatic rings. The first kappa shape index (κ1) is 15.5. The normalized spacial score (nSPS) is 16.8. The molecule has 21 heavy (non-hydrogen) atoms. The number of hydrogen-bond acceptors (Lipinski definition) is 3. The molecule has 1 aliphatic carbocycles. The predicted molar refractivity (Wildman–Crippen MR) is 81.8 cm³/mol. The maximum Gasteiger partial charge on any atom is 0.315 e. The van der Waals surface area contributed by atoms with Crippen molar-refractivity contribution in [2.45, 2.75) is 38.8 Å². The average molecular weight is 292 g/mol. The lowest BCUT2D eigenvalue weighted by Gasteiger charge is -2.19. The van der Waals surface area contributed by atoms with Gasteiger partial charge in [0.05, 0.1) is 20.3 Å². The number of benzene rings is 1. The zero-order valence-electron chi connectivity index (χ0n) is 13.1. The van der Waals surface area contributed by atoms with Crippen molar-refractivity contribution in [3.63, 3.8) is 0 Å². The van der Waals surface area contributed by atoms with Gasteiger partial charge in [-0.15, -0.1) is 0 Å². The zero-order valence-corrected chi connectivity index (χ0v) is 13.1. The zero-order chi connectivity index (χ0) is 15.4. The first-order valence-electron chi connectivity index (χ1n) is 7.34. The molecule has 1 saturated carbocycles. The van der Waals surface area contributed by atoms with Crippen LogP contribution in [0.25, 0.3) is 0 Å². The van der Waals surface area contributed by atoms with Crippen molar-refractivity contribution in [3.05, 3.63) is 23.8 Å². The van der Waals surface area contributed by atoms with Gasteiger partial charge in [0.15, 0.2) is 11.5 Å². The summed E-state index contributed by atoms with van der Waals surface area (Å²) in [7, 11) is 3.20. The molecule has 0 heterocycles. The Bertz CT molecular complexity index is 500. The third-order valence-electron chi connectivity index (χ3n) is 3.94. The van der Waals surface area contributed by atoms with Crippen molar-refractivity contribution in [1.29, 1.82) is 0 Å². The van der Waals surface area contributed by atoms with E-state index in [0.717, 1.165) is 5.56 Å². The molecule has 2 rings (SSSR count). The first-order valence-corrected chi connectivity index (χ1v) is 7.34. The summed E-state index contributed by atoms with van der Waals surface area (Å²) in [4.78, 5) is 12.0. The van der Waals surface area contributed by atoms with Crippen LogP contribution in [0.5, 0.6) is 11.5 Å². The average Bonchev–Trinajstić information content (AvgIpc) is 3.30. The van der Waals surface area contributed by atoms with Crippen molar-refractivity contribution < 1.29 is 14.3 Å². The maximum absolute atomic E-state index is 12.0. The lowest BCUT2D eigenvalue weighted by Crippen LogP contribution is -2.42.